The van der Waals surface area contributed by atoms with E-state index in [9.17, 15) is 5.11 Å². The molecule has 72 valence electrons. The minimum absolute atomic E-state index is 0.0796. The molecule has 1 aliphatic rings. The maximum atomic E-state index is 9.60. The first-order chi connectivity index (χ1) is 5.77. The molecule has 0 aliphatic carbocycles. The highest BCUT2D eigenvalue weighted by Crippen LogP contribution is 2.19. The molecule has 0 bridgehead atoms. The number of aliphatic hydroxyl groups excluding tert-OH is 1. The lowest BCUT2D eigenvalue weighted by molar-refractivity contribution is 0.0264. The Labute approximate surface area is 74.5 Å². The molecule has 3 heteroatoms. The largest absolute Gasteiger partial charge is 0.393 e. The van der Waals surface area contributed by atoms with E-state index < -0.39 is 0 Å². The van der Waals surface area contributed by atoms with Gasteiger partial charge < -0.3 is 15.7 Å². The molecule has 12 heavy (non-hydrogen) atoms. The molecular weight excluding hydrogens is 152 g/mol. The van der Waals surface area contributed by atoms with Crippen molar-refractivity contribution in [2.45, 2.75) is 25.9 Å². The van der Waals surface area contributed by atoms with E-state index in [1.54, 1.807) is 0 Å². The van der Waals surface area contributed by atoms with Crippen LogP contribution >= 0.6 is 0 Å². The van der Waals surface area contributed by atoms with Crippen LogP contribution in [0.25, 0.3) is 0 Å². The second-order valence-corrected chi connectivity index (χ2v) is 3.61. The van der Waals surface area contributed by atoms with Gasteiger partial charge in [-0.1, -0.05) is 6.92 Å². The van der Waals surface area contributed by atoms with Gasteiger partial charge in [-0.25, -0.2) is 0 Å². The fraction of sp³-hybridized carbons (Fsp3) is 1.00. The zero-order chi connectivity index (χ0) is 8.97. The number of likely N-dealkylation sites (tertiary alicyclic amines) is 1. The molecule has 0 unspecified atom stereocenters. The van der Waals surface area contributed by atoms with Gasteiger partial charge in [-0.05, 0) is 18.8 Å². The Morgan fingerprint density at radius 1 is 1.58 bits per heavy atom. The van der Waals surface area contributed by atoms with Crippen molar-refractivity contribution in [2.75, 3.05) is 26.2 Å². The molecular formula is C9H20N2O. The van der Waals surface area contributed by atoms with Crippen LogP contribution in [0.1, 0.15) is 19.8 Å². The number of hydrogen-bond acceptors (Lipinski definition) is 3. The molecule has 0 aromatic heterocycles. The van der Waals surface area contributed by atoms with Crippen LogP contribution in [0.5, 0.6) is 0 Å². The molecule has 1 saturated heterocycles. The minimum Gasteiger partial charge on any atom is -0.393 e. The summed E-state index contributed by atoms with van der Waals surface area (Å²) < 4.78 is 0. The van der Waals surface area contributed by atoms with Gasteiger partial charge >= 0.3 is 0 Å². The highest BCUT2D eigenvalue weighted by molar-refractivity contribution is 4.78. The van der Waals surface area contributed by atoms with Gasteiger partial charge in [0.05, 0.1) is 6.10 Å². The monoisotopic (exact) mass is 172 g/mol. The maximum Gasteiger partial charge on any atom is 0.0592 e. The summed E-state index contributed by atoms with van der Waals surface area (Å²) in [6.07, 6.45) is 1.91. The van der Waals surface area contributed by atoms with Crippen LogP contribution in [0.2, 0.25) is 0 Å². The fourth-order valence-corrected chi connectivity index (χ4v) is 1.88. The summed E-state index contributed by atoms with van der Waals surface area (Å²) in [7, 11) is 0. The van der Waals surface area contributed by atoms with Gasteiger partial charge in [-0.15, -0.1) is 0 Å². The normalized spacial score (nSPS) is 32.2. The molecule has 1 fully saturated rings. The molecule has 0 aromatic carbocycles. The van der Waals surface area contributed by atoms with E-state index in [0.717, 1.165) is 39.0 Å². The van der Waals surface area contributed by atoms with Crippen LogP contribution in [0.15, 0.2) is 0 Å². The number of aliphatic hydroxyl groups is 1. The third kappa shape index (κ3) is 2.44. The first-order valence-corrected chi connectivity index (χ1v) is 4.88. The second kappa shape index (κ2) is 4.80. The Morgan fingerprint density at radius 2 is 2.33 bits per heavy atom. The summed E-state index contributed by atoms with van der Waals surface area (Å²) in [5, 5.41) is 9.60. The van der Waals surface area contributed by atoms with Crippen molar-refractivity contribution in [3.8, 4) is 0 Å². The van der Waals surface area contributed by atoms with E-state index in [0.29, 0.717) is 5.92 Å². The van der Waals surface area contributed by atoms with Crippen molar-refractivity contribution in [2.24, 2.45) is 11.7 Å². The zero-order valence-corrected chi connectivity index (χ0v) is 7.87. The average Bonchev–Trinajstić information content (AvgIpc) is 2.09. The molecule has 1 rings (SSSR count). The smallest absolute Gasteiger partial charge is 0.0592 e. The predicted octanol–water partition coefficient (Wildman–Crippen LogP) is 0.0379. The number of nitrogens with two attached hydrogens (primary N) is 1. The molecule has 0 spiro atoms. The fourth-order valence-electron chi connectivity index (χ4n) is 1.88. The summed E-state index contributed by atoms with van der Waals surface area (Å²) in [6.45, 7) is 5.87. The number of hydrogen-bond donors (Lipinski definition) is 2. The molecule has 3 N–H and O–H groups in total. The lowest BCUT2D eigenvalue weighted by Crippen LogP contribution is -2.44. The van der Waals surface area contributed by atoms with E-state index in [-0.39, 0.29) is 6.10 Å². The Hall–Kier alpha value is -0.120. The topological polar surface area (TPSA) is 49.5 Å². The molecule has 1 aliphatic heterocycles. The van der Waals surface area contributed by atoms with E-state index in [4.69, 9.17) is 5.73 Å². The lowest BCUT2D eigenvalue weighted by Gasteiger charge is -2.35. The van der Waals surface area contributed by atoms with Gasteiger partial charge in [-0.3, -0.25) is 0 Å². The van der Waals surface area contributed by atoms with Gasteiger partial charge in [0.2, 0.25) is 0 Å². The van der Waals surface area contributed by atoms with Crippen LogP contribution < -0.4 is 5.73 Å². The van der Waals surface area contributed by atoms with Gasteiger partial charge in [-0.2, -0.15) is 0 Å². The zero-order valence-electron chi connectivity index (χ0n) is 7.87. The first-order valence-electron chi connectivity index (χ1n) is 4.88. The van der Waals surface area contributed by atoms with E-state index in [1.165, 1.54) is 0 Å². The molecule has 2 atom stereocenters. The predicted molar refractivity (Wildman–Crippen MR) is 49.9 cm³/mol. The molecule has 0 radical (unpaired) electrons. The third-order valence-corrected chi connectivity index (χ3v) is 2.75. The van der Waals surface area contributed by atoms with E-state index >= 15 is 0 Å². The van der Waals surface area contributed by atoms with E-state index in [1.807, 2.05) is 0 Å². The lowest BCUT2D eigenvalue weighted by atomic mass is 9.92. The van der Waals surface area contributed by atoms with Gasteiger partial charge in [0.15, 0.2) is 0 Å². The standard InChI is InChI=1S/C9H20N2O/c1-2-8-7-11(6-4-10)5-3-9(8)12/h8-9,12H,2-7,10H2,1H3/t8-,9-/m0/s1. The minimum atomic E-state index is -0.0796. The summed E-state index contributed by atoms with van der Waals surface area (Å²) in [5.41, 5.74) is 5.48. The number of nitrogens with zero attached hydrogens (tertiary/aromatic N) is 1. The van der Waals surface area contributed by atoms with Crippen LogP contribution in [0, 0.1) is 5.92 Å². The first kappa shape index (κ1) is 9.96. The Balaban J connectivity index is 2.33. The summed E-state index contributed by atoms with van der Waals surface area (Å²) in [6, 6.07) is 0. The molecule has 3 nitrogen and oxygen atoms in total. The van der Waals surface area contributed by atoms with Gasteiger partial charge in [0.1, 0.15) is 0 Å². The SMILES string of the molecule is CC[C@H]1CN(CCN)CC[C@@H]1O. The maximum absolute atomic E-state index is 9.60. The van der Waals surface area contributed by atoms with Crippen LogP contribution in [-0.2, 0) is 0 Å². The number of piperidine rings is 1. The number of rotatable bonds is 3. The summed E-state index contributed by atoms with van der Waals surface area (Å²) in [5.74, 6) is 0.463. The Bertz CT molecular complexity index is 130. The van der Waals surface area contributed by atoms with Gasteiger partial charge in [0.25, 0.3) is 0 Å². The third-order valence-electron chi connectivity index (χ3n) is 2.75. The highest BCUT2D eigenvalue weighted by atomic mass is 16.3. The Kier molecular flexibility index (Phi) is 3.98. The molecule has 0 amide bonds. The molecule has 0 saturated carbocycles. The van der Waals surface area contributed by atoms with E-state index in [2.05, 4.69) is 11.8 Å². The quantitative estimate of drug-likeness (QED) is 0.632. The van der Waals surface area contributed by atoms with Crippen molar-refractivity contribution in [1.29, 1.82) is 0 Å². The van der Waals surface area contributed by atoms with Crippen molar-refractivity contribution in [1.82, 2.24) is 4.90 Å². The van der Waals surface area contributed by atoms with Crippen LogP contribution in [-0.4, -0.2) is 42.3 Å². The molecule has 1 heterocycles. The second-order valence-electron chi connectivity index (χ2n) is 3.61. The van der Waals surface area contributed by atoms with Crippen molar-refractivity contribution >= 4 is 0 Å². The average molecular weight is 172 g/mol. The van der Waals surface area contributed by atoms with Crippen LogP contribution in [0.4, 0.5) is 0 Å². The van der Waals surface area contributed by atoms with Crippen molar-refractivity contribution < 1.29 is 5.11 Å². The van der Waals surface area contributed by atoms with Crippen LogP contribution in [0.3, 0.4) is 0 Å². The highest BCUT2D eigenvalue weighted by Gasteiger charge is 2.25. The van der Waals surface area contributed by atoms with Crippen molar-refractivity contribution in [3.63, 3.8) is 0 Å². The van der Waals surface area contributed by atoms with Crippen molar-refractivity contribution in [3.05, 3.63) is 0 Å². The summed E-state index contributed by atoms with van der Waals surface area (Å²) >= 11 is 0. The Morgan fingerprint density at radius 3 is 2.92 bits per heavy atom. The molecule has 0 aromatic rings. The van der Waals surface area contributed by atoms with Gasteiger partial charge in [0, 0.05) is 26.2 Å². The summed E-state index contributed by atoms with van der Waals surface area (Å²) in [4.78, 5) is 2.35.